The molecule has 0 saturated carbocycles. The Morgan fingerprint density at radius 1 is 0.964 bits per heavy atom. The van der Waals surface area contributed by atoms with E-state index < -0.39 is 0 Å². The maximum absolute atomic E-state index is 12.4. The summed E-state index contributed by atoms with van der Waals surface area (Å²) >= 11 is 0. The molecule has 3 rings (SSSR count). The van der Waals surface area contributed by atoms with Crippen LogP contribution in [-0.4, -0.2) is 34.2 Å². The van der Waals surface area contributed by atoms with Crippen molar-refractivity contribution in [1.29, 1.82) is 0 Å². The van der Waals surface area contributed by atoms with Crippen LogP contribution < -0.4 is 16.0 Å². The van der Waals surface area contributed by atoms with Gasteiger partial charge in [0.1, 0.15) is 5.82 Å². The lowest BCUT2D eigenvalue weighted by Gasteiger charge is -2.15. The second-order valence-corrected chi connectivity index (χ2v) is 6.26. The summed E-state index contributed by atoms with van der Waals surface area (Å²) in [7, 11) is 0. The highest BCUT2D eigenvalue weighted by molar-refractivity contribution is 5.83. The van der Waals surface area contributed by atoms with Gasteiger partial charge in [-0.05, 0) is 36.2 Å². The Morgan fingerprint density at radius 2 is 1.75 bits per heavy atom. The van der Waals surface area contributed by atoms with Crippen molar-refractivity contribution in [3.63, 3.8) is 0 Å². The summed E-state index contributed by atoms with van der Waals surface area (Å²) in [6.45, 7) is 3.10. The van der Waals surface area contributed by atoms with Crippen molar-refractivity contribution >= 4 is 23.2 Å². The highest BCUT2D eigenvalue weighted by atomic mass is 16.1. The monoisotopic (exact) mass is 376 g/mol. The fourth-order valence-corrected chi connectivity index (χ4v) is 2.84. The molecule has 0 unspecified atom stereocenters. The lowest BCUT2D eigenvalue weighted by atomic mass is 9.96. The Balaban J connectivity index is 1.43. The van der Waals surface area contributed by atoms with Gasteiger partial charge in [-0.15, -0.1) is 10.2 Å². The van der Waals surface area contributed by atoms with E-state index >= 15 is 0 Å². The number of hydrogen-bond donors (Lipinski definition) is 3. The van der Waals surface area contributed by atoms with Gasteiger partial charge in [-0.2, -0.15) is 0 Å². The Labute approximate surface area is 164 Å². The Hall–Kier alpha value is -3.48. The normalized spacial score (nSPS) is 11.5. The minimum Gasteiger partial charge on any atom is -0.367 e. The molecule has 0 aliphatic rings. The zero-order chi connectivity index (χ0) is 19.6. The summed E-state index contributed by atoms with van der Waals surface area (Å²) in [5, 5.41) is 17.5. The summed E-state index contributed by atoms with van der Waals surface area (Å²) in [6.07, 6.45) is 4.20. The van der Waals surface area contributed by atoms with Gasteiger partial charge in [0.05, 0.1) is 17.8 Å². The van der Waals surface area contributed by atoms with Crippen molar-refractivity contribution in [1.82, 2.24) is 20.5 Å². The summed E-state index contributed by atoms with van der Waals surface area (Å²) < 4.78 is 0. The van der Waals surface area contributed by atoms with Crippen molar-refractivity contribution in [3.05, 3.63) is 72.6 Å². The summed E-state index contributed by atoms with van der Waals surface area (Å²) in [5.74, 6) is 1.21. The number of carbonyl (C=O) groups excluding carboxylic acids is 1. The number of rotatable bonds is 9. The molecule has 2 aromatic heterocycles. The van der Waals surface area contributed by atoms with Gasteiger partial charge in [0, 0.05) is 19.3 Å². The number of amides is 1. The zero-order valence-corrected chi connectivity index (χ0v) is 15.8. The standard InChI is InChI=1S/C21H24N6O/c1-2-18(16-7-4-3-5-8-16)21(28)24-14-13-23-19-10-11-20(27-26-19)25-17-9-6-12-22-15-17/h3-12,15,18H,2,13-14H2,1H3,(H,23,26)(H,24,28)(H,25,27)/t18-/m1/s1. The first-order valence-electron chi connectivity index (χ1n) is 9.33. The van der Waals surface area contributed by atoms with Crippen molar-refractivity contribution in [2.24, 2.45) is 0 Å². The molecule has 144 valence electrons. The average molecular weight is 376 g/mol. The van der Waals surface area contributed by atoms with Gasteiger partial charge in [-0.1, -0.05) is 37.3 Å². The number of anilines is 3. The third-order valence-electron chi connectivity index (χ3n) is 4.26. The molecular weight excluding hydrogens is 352 g/mol. The van der Waals surface area contributed by atoms with Crippen LogP contribution in [0.1, 0.15) is 24.8 Å². The average Bonchev–Trinajstić information content (AvgIpc) is 2.74. The molecule has 0 spiro atoms. The quantitative estimate of drug-likeness (QED) is 0.496. The molecular formula is C21H24N6O. The lowest BCUT2D eigenvalue weighted by Crippen LogP contribution is -2.33. The minimum absolute atomic E-state index is 0.0394. The van der Waals surface area contributed by atoms with Crippen LogP contribution in [0.4, 0.5) is 17.3 Å². The van der Waals surface area contributed by atoms with Crippen LogP contribution in [0.2, 0.25) is 0 Å². The first-order chi connectivity index (χ1) is 13.8. The van der Waals surface area contributed by atoms with E-state index in [1.165, 1.54) is 0 Å². The third kappa shape index (κ3) is 5.51. The van der Waals surface area contributed by atoms with Gasteiger partial charge in [-0.25, -0.2) is 0 Å². The van der Waals surface area contributed by atoms with Crippen LogP contribution in [-0.2, 0) is 4.79 Å². The minimum atomic E-state index is -0.126. The van der Waals surface area contributed by atoms with Crippen molar-refractivity contribution < 1.29 is 4.79 Å². The van der Waals surface area contributed by atoms with E-state index in [9.17, 15) is 4.79 Å². The Kier molecular flexibility index (Phi) is 6.89. The van der Waals surface area contributed by atoms with Crippen LogP contribution in [0.25, 0.3) is 0 Å². The van der Waals surface area contributed by atoms with E-state index in [2.05, 4.69) is 31.1 Å². The number of nitrogens with one attached hydrogen (secondary N) is 3. The molecule has 3 N–H and O–H groups in total. The van der Waals surface area contributed by atoms with E-state index in [1.54, 1.807) is 12.4 Å². The highest BCUT2D eigenvalue weighted by Gasteiger charge is 2.17. The van der Waals surface area contributed by atoms with Crippen molar-refractivity contribution in [3.8, 4) is 0 Å². The van der Waals surface area contributed by atoms with Crippen LogP contribution in [0.5, 0.6) is 0 Å². The van der Waals surface area contributed by atoms with E-state index in [0.29, 0.717) is 24.7 Å². The molecule has 7 nitrogen and oxygen atoms in total. The Bertz CT molecular complexity index is 855. The fraction of sp³-hybridized carbons (Fsp3) is 0.238. The molecule has 1 aromatic carbocycles. The molecule has 0 bridgehead atoms. The first kappa shape index (κ1) is 19.3. The van der Waals surface area contributed by atoms with E-state index in [-0.39, 0.29) is 11.8 Å². The molecule has 0 aliphatic carbocycles. The second kappa shape index (κ2) is 10.0. The number of hydrogen-bond acceptors (Lipinski definition) is 6. The van der Waals surface area contributed by atoms with Gasteiger partial charge in [0.25, 0.3) is 0 Å². The van der Waals surface area contributed by atoms with Crippen molar-refractivity contribution in [2.75, 3.05) is 23.7 Å². The molecule has 0 aliphatic heterocycles. The molecule has 0 fully saturated rings. The van der Waals surface area contributed by atoms with Crippen LogP contribution >= 0.6 is 0 Å². The number of benzene rings is 1. The van der Waals surface area contributed by atoms with Gasteiger partial charge < -0.3 is 16.0 Å². The van der Waals surface area contributed by atoms with Gasteiger partial charge in [0.2, 0.25) is 5.91 Å². The SMILES string of the molecule is CC[C@@H](C(=O)NCCNc1ccc(Nc2cccnc2)nn1)c1ccccc1. The predicted molar refractivity (Wildman–Crippen MR) is 111 cm³/mol. The predicted octanol–water partition coefficient (Wildman–Crippen LogP) is 3.34. The second-order valence-electron chi connectivity index (χ2n) is 6.26. The molecule has 7 heteroatoms. The lowest BCUT2D eigenvalue weighted by molar-refractivity contribution is -0.122. The number of nitrogens with zero attached hydrogens (tertiary/aromatic N) is 3. The van der Waals surface area contributed by atoms with Crippen LogP contribution in [0.3, 0.4) is 0 Å². The molecule has 0 saturated heterocycles. The van der Waals surface area contributed by atoms with Gasteiger partial charge in [0.15, 0.2) is 5.82 Å². The summed E-state index contributed by atoms with van der Waals surface area (Å²) in [6, 6.07) is 17.3. The molecule has 1 amide bonds. The third-order valence-corrected chi connectivity index (χ3v) is 4.26. The zero-order valence-electron chi connectivity index (χ0n) is 15.8. The van der Waals surface area contributed by atoms with E-state index in [1.807, 2.05) is 61.5 Å². The van der Waals surface area contributed by atoms with E-state index in [4.69, 9.17) is 0 Å². The number of pyridine rings is 1. The van der Waals surface area contributed by atoms with E-state index in [0.717, 1.165) is 17.7 Å². The number of aromatic nitrogens is 3. The van der Waals surface area contributed by atoms with Crippen molar-refractivity contribution in [2.45, 2.75) is 19.3 Å². The van der Waals surface area contributed by atoms with Gasteiger partial charge in [-0.3, -0.25) is 9.78 Å². The summed E-state index contributed by atoms with van der Waals surface area (Å²) in [4.78, 5) is 16.5. The molecule has 2 heterocycles. The maximum Gasteiger partial charge on any atom is 0.227 e. The van der Waals surface area contributed by atoms with Gasteiger partial charge >= 0.3 is 0 Å². The number of carbonyl (C=O) groups is 1. The van der Waals surface area contributed by atoms with Crippen LogP contribution in [0.15, 0.2) is 67.0 Å². The largest absolute Gasteiger partial charge is 0.367 e. The Morgan fingerprint density at radius 3 is 2.43 bits per heavy atom. The summed E-state index contributed by atoms with van der Waals surface area (Å²) in [5.41, 5.74) is 1.89. The fourth-order valence-electron chi connectivity index (χ4n) is 2.84. The molecule has 28 heavy (non-hydrogen) atoms. The highest BCUT2D eigenvalue weighted by Crippen LogP contribution is 2.19. The molecule has 1 atom stereocenters. The first-order valence-corrected chi connectivity index (χ1v) is 9.33. The van der Waals surface area contributed by atoms with Crippen LogP contribution in [0, 0.1) is 0 Å². The molecule has 3 aromatic rings. The topological polar surface area (TPSA) is 91.8 Å². The smallest absolute Gasteiger partial charge is 0.227 e. The maximum atomic E-state index is 12.4. The molecule has 0 radical (unpaired) electrons.